The normalized spacial score (nSPS) is 14.8. The first-order chi connectivity index (χ1) is 9.63. The molecule has 0 aliphatic carbocycles. The average molecular weight is 295 g/mol. The smallest absolute Gasteiger partial charge is 0.129 e. The maximum atomic E-state index is 13.6. The van der Waals surface area contributed by atoms with Gasteiger partial charge >= 0.3 is 0 Å². The molecule has 0 saturated heterocycles. The first kappa shape index (κ1) is 13.4. The van der Waals surface area contributed by atoms with E-state index in [2.05, 4.69) is 0 Å². The quantitative estimate of drug-likeness (QED) is 0.761. The van der Waals surface area contributed by atoms with Gasteiger partial charge in [-0.05, 0) is 35.2 Å². The van der Waals surface area contributed by atoms with Crippen molar-refractivity contribution in [1.82, 2.24) is 0 Å². The molecule has 1 aliphatic heterocycles. The van der Waals surface area contributed by atoms with Crippen molar-refractivity contribution >= 4 is 11.6 Å². The number of rotatable bonds is 3. The summed E-state index contributed by atoms with van der Waals surface area (Å²) in [6.07, 6.45) is 1.20. The molecule has 2 aromatic carbocycles. The topological polar surface area (TPSA) is 9.23 Å². The minimum Gasteiger partial charge on any atom is -0.493 e. The zero-order valence-electron chi connectivity index (χ0n) is 10.7. The number of hydrogen-bond donors (Lipinski definition) is 0. The van der Waals surface area contributed by atoms with Crippen LogP contribution in [0.3, 0.4) is 0 Å². The Kier molecular flexibility index (Phi) is 3.62. The van der Waals surface area contributed by atoms with E-state index in [1.807, 2.05) is 18.2 Å². The summed E-state index contributed by atoms with van der Waals surface area (Å²) in [5, 5.41) is -0.346. The van der Waals surface area contributed by atoms with E-state index in [4.69, 9.17) is 16.3 Å². The fourth-order valence-corrected chi connectivity index (χ4v) is 2.70. The van der Waals surface area contributed by atoms with Crippen LogP contribution in [0.2, 0.25) is 0 Å². The van der Waals surface area contributed by atoms with Crippen molar-refractivity contribution in [3.05, 3.63) is 64.7 Å². The standard InChI is InChI=1S/C16H13ClF2O/c17-14(8-11-1-3-13(18)9-15(11)19)10-2-4-16-12(7-10)5-6-20-16/h1-4,7,9,14H,5-6,8H2. The van der Waals surface area contributed by atoms with Gasteiger partial charge in [0.15, 0.2) is 0 Å². The number of fused-ring (bicyclic) bond motifs is 1. The molecule has 0 fully saturated rings. The second kappa shape index (κ2) is 5.41. The summed E-state index contributed by atoms with van der Waals surface area (Å²) < 4.78 is 31.9. The van der Waals surface area contributed by atoms with Gasteiger partial charge in [0.2, 0.25) is 0 Å². The largest absolute Gasteiger partial charge is 0.493 e. The van der Waals surface area contributed by atoms with Crippen LogP contribution < -0.4 is 4.74 Å². The SMILES string of the molecule is Fc1ccc(CC(Cl)c2ccc3c(c2)CCO3)c(F)c1. The van der Waals surface area contributed by atoms with E-state index in [0.29, 0.717) is 18.6 Å². The Bertz CT molecular complexity index is 642. The van der Waals surface area contributed by atoms with Crippen molar-refractivity contribution in [3.63, 3.8) is 0 Å². The van der Waals surface area contributed by atoms with Crippen LogP contribution in [0, 0.1) is 11.6 Å². The van der Waals surface area contributed by atoms with E-state index in [0.717, 1.165) is 29.4 Å². The van der Waals surface area contributed by atoms with Gasteiger partial charge in [-0.1, -0.05) is 18.2 Å². The Balaban J connectivity index is 1.80. The zero-order valence-corrected chi connectivity index (χ0v) is 11.5. The molecule has 1 aliphatic rings. The minimum absolute atomic E-state index is 0.327. The van der Waals surface area contributed by atoms with E-state index in [1.54, 1.807) is 0 Å². The van der Waals surface area contributed by atoms with Crippen molar-refractivity contribution in [2.24, 2.45) is 0 Å². The fourth-order valence-electron chi connectivity index (χ4n) is 2.40. The lowest BCUT2D eigenvalue weighted by Gasteiger charge is -2.12. The maximum absolute atomic E-state index is 13.6. The highest BCUT2D eigenvalue weighted by atomic mass is 35.5. The molecular weight excluding hydrogens is 282 g/mol. The first-order valence-corrected chi connectivity index (χ1v) is 6.91. The third-order valence-electron chi connectivity index (χ3n) is 3.49. The van der Waals surface area contributed by atoms with E-state index in [-0.39, 0.29) is 5.38 Å². The van der Waals surface area contributed by atoms with Crippen LogP contribution in [-0.4, -0.2) is 6.61 Å². The van der Waals surface area contributed by atoms with E-state index in [9.17, 15) is 8.78 Å². The van der Waals surface area contributed by atoms with E-state index in [1.165, 1.54) is 12.1 Å². The summed E-state index contributed by atoms with van der Waals surface area (Å²) in [7, 11) is 0. The number of alkyl halides is 1. The molecule has 104 valence electrons. The predicted molar refractivity (Wildman–Crippen MR) is 74.3 cm³/mol. The molecule has 1 nitrogen and oxygen atoms in total. The second-order valence-corrected chi connectivity index (χ2v) is 5.40. The molecule has 1 atom stereocenters. The Morgan fingerprint density at radius 1 is 1.15 bits per heavy atom. The third kappa shape index (κ3) is 2.63. The van der Waals surface area contributed by atoms with Crippen molar-refractivity contribution in [3.8, 4) is 5.75 Å². The molecule has 0 amide bonds. The van der Waals surface area contributed by atoms with Crippen LogP contribution in [0.15, 0.2) is 36.4 Å². The van der Waals surface area contributed by atoms with E-state index >= 15 is 0 Å². The monoisotopic (exact) mass is 294 g/mol. The fraction of sp³-hybridized carbons (Fsp3) is 0.250. The summed E-state index contributed by atoms with van der Waals surface area (Å²) in [6, 6.07) is 9.36. The number of ether oxygens (including phenoxy) is 1. The van der Waals surface area contributed by atoms with Gasteiger partial charge in [0.05, 0.1) is 12.0 Å². The Morgan fingerprint density at radius 2 is 2.00 bits per heavy atom. The lowest BCUT2D eigenvalue weighted by molar-refractivity contribution is 0.357. The molecule has 3 rings (SSSR count). The summed E-state index contributed by atoms with van der Waals surface area (Å²) >= 11 is 6.35. The van der Waals surface area contributed by atoms with E-state index < -0.39 is 11.6 Å². The van der Waals surface area contributed by atoms with Gasteiger partial charge in [-0.2, -0.15) is 0 Å². The highest BCUT2D eigenvalue weighted by molar-refractivity contribution is 6.20. The van der Waals surface area contributed by atoms with Crippen LogP contribution in [0.25, 0.3) is 0 Å². The average Bonchev–Trinajstić information content (AvgIpc) is 2.89. The number of halogens is 3. The summed E-state index contributed by atoms with van der Waals surface area (Å²) in [5.74, 6) is -0.238. The summed E-state index contributed by atoms with van der Waals surface area (Å²) in [5.41, 5.74) is 2.48. The molecule has 2 aromatic rings. The van der Waals surface area contributed by atoms with Gasteiger partial charge in [0, 0.05) is 12.5 Å². The molecule has 1 unspecified atom stereocenters. The molecule has 0 spiro atoms. The van der Waals surface area contributed by atoms with Gasteiger partial charge in [-0.15, -0.1) is 11.6 Å². The van der Waals surface area contributed by atoms with Crippen molar-refractivity contribution in [1.29, 1.82) is 0 Å². The molecule has 0 radical (unpaired) electrons. The van der Waals surface area contributed by atoms with Crippen LogP contribution in [0.5, 0.6) is 5.75 Å². The van der Waals surface area contributed by atoms with Gasteiger partial charge in [0.25, 0.3) is 0 Å². The molecule has 4 heteroatoms. The molecule has 0 saturated carbocycles. The summed E-state index contributed by atoms with van der Waals surface area (Å²) in [4.78, 5) is 0. The highest BCUT2D eigenvalue weighted by Gasteiger charge is 2.17. The number of hydrogen-bond acceptors (Lipinski definition) is 1. The van der Waals surface area contributed by atoms with Crippen LogP contribution in [-0.2, 0) is 12.8 Å². The number of benzene rings is 2. The van der Waals surface area contributed by atoms with Crippen molar-refractivity contribution in [2.75, 3.05) is 6.61 Å². The Labute approximate surface area is 121 Å². The lowest BCUT2D eigenvalue weighted by atomic mass is 10.0. The highest BCUT2D eigenvalue weighted by Crippen LogP contribution is 2.32. The third-order valence-corrected chi connectivity index (χ3v) is 3.90. The first-order valence-electron chi connectivity index (χ1n) is 6.47. The van der Waals surface area contributed by atoms with Crippen LogP contribution in [0.1, 0.15) is 22.1 Å². The van der Waals surface area contributed by atoms with Crippen molar-refractivity contribution in [2.45, 2.75) is 18.2 Å². The van der Waals surface area contributed by atoms with Crippen molar-refractivity contribution < 1.29 is 13.5 Å². The molecule has 0 aromatic heterocycles. The molecule has 20 heavy (non-hydrogen) atoms. The van der Waals surface area contributed by atoms with Gasteiger partial charge in [-0.3, -0.25) is 0 Å². The Hall–Kier alpha value is -1.61. The maximum Gasteiger partial charge on any atom is 0.129 e. The summed E-state index contributed by atoms with van der Waals surface area (Å²) in [6.45, 7) is 0.693. The molecule has 1 heterocycles. The Morgan fingerprint density at radius 3 is 2.80 bits per heavy atom. The van der Waals surface area contributed by atoms with Crippen LogP contribution >= 0.6 is 11.6 Å². The zero-order chi connectivity index (χ0) is 14.1. The minimum atomic E-state index is -0.577. The predicted octanol–water partition coefficient (Wildman–Crippen LogP) is 4.42. The molecular formula is C16H13ClF2O. The van der Waals surface area contributed by atoms with Crippen LogP contribution in [0.4, 0.5) is 8.78 Å². The van der Waals surface area contributed by atoms with Gasteiger partial charge in [0.1, 0.15) is 17.4 Å². The van der Waals surface area contributed by atoms with Gasteiger partial charge in [-0.25, -0.2) is 8.78 Å². The molecule has 0 bridgehead atoms. The second-order valence-electron chi connectivity index (χ2n) is 4.87. The van der Waals surface area contributed by atoms with Gasteiger partial charge < -0.3 is 4.74 Å². The molecule has 0 N–H and O–H groups in total. The lowest BCUT2D eigenvalue weighted by Crippen LogP contribution is -1.99.